The van der Waals surface area contributed by atoms with Crippen molar-refractivity contribution in [3.63, 3.8) is 0 Å². The fourth-order valence-electron chi connectivity index (χ4n) is 3.77. The van der Waals surface area contributed by atoms with E-state index in [1.54, 1.807) is 17.0 Å². The van der Waals surface area contributed by atoms with Crippen LogP contribution < -0.4 is 5.32 Å². The van der Waals surface area contributed by atoms with Crippen LogP contribution in [0.4, 0.5) is 11.4 Å². The van der Waals surface area contributed by atoms with Crippen LogP contribution >= 0.6 is 0 Å². The summed E-state index contributed by atoms with van der Waals surface area (Å²) in [5.74, 6) is -0.458. The molecule has 0 radical (unpaired) electrons. The molecule has 2 amide bonds. The molecular formula is C30H34N4O2. The summed E-state index contributed by atoms with van der Waals surface area (Å²) in [7, 11) is 0. The number of benzene rings is 3. The van der Waals surface area contributed by atoms with Gasteiger partial charge in [-0.2, -0.15) is 9.98 Å². The topological polar surface area (TPSA) is 74.1 Å². The number of rotatable bonds is 9. The van der Waals surface area contributed by atoms with Gasteiger partial charge in [-0.05, 0) is 57.5 Å². The summed E-state index contributed by atoms with van der Waals surface area (Å²) in [5, 5.41) is 3.07. The van der Waals surface area contributed by atoms with Crippen LogP contribution in [-0.4, -0.2) is 34.8 Å². The van der Waals surface area contributed by atoms with Crippen molar-refractivity contribution in [2.24, 2.45) is 9.98 Å². The van der Waals surface area contributed by atoms with Crippen molar-refractivity contribution in [2.45, 2.75) is 52.1 Å². The van der Waals surface area contributed by atoms with Gasteiger partial charge in [0.15, 0.2) is 0 Å². The number of hydrogen-bond donors (Lipinski definition) is 1. The molecule has 0 aliphatic rings. The van der Waals surface area contributed by atoms with E-state index in [-0.39, 0.29) is 11.8 Å². The highest BCUT2D eigenvalue weighted by atomic mass is 16.2. The average Bonchev–Trinajstić information content (AvgIpc) is 2.87. The van der Waals surface area contributed by atoms with Crippen molar-refractivity contribution >= 4 is 29.2 Å². The summed E-state index contributed by atoms with van der Waals surface area (Å²) in [5.41, 5.74) is 1.94. The van der Waals surface area contributed by atoms with Crippen LogP contribution in [0.3, 0.4) is 0 Å². The monoisotopic (exact) mass is 482 g/mol. The Hall–Kier alpha value is -4.02. The largest absolute Gasteiger partial charge is 0.349 e. The predicted molar refractivity (Wildman–Crippen MR) is 145 cm³/mol. The van der Waals surface area contributed by atoms with Crippen LogP contribution in [0.2, 0.25) is 0 Å². The molecule has 0 bridgehead atoms. The zero-order valence-corrected chi connectivity index (χ0v) is 21.4. The minimum Gasteiger partial charge on any atom is -0.349 e. The molecule has 3 aromatic rings. The number of carbonyl (C=O) groups is 2. The van der Waals surface area contributed by atoms with Gasteiger partial charge in [0.25, 0.3) is 5.91 Å². The van der Waals surface area contributed by atoms with Crippen LogP contribution in [0.1, 0.15) is 62.5 Å². The lowest BCUT2D eigenvalue weighted by Gasteiger charge is -2.34. The van der Waals surface area contributed by atoms with Gasteiger partial charge in [0.05, 0.1) is 11.4 Å². The van der Waals surface area contributed by atoms with Crippen LogP contribution in [0.15, 0.2) is 94.9 Å². The molecule has 0 spiro atoms. The third-order valence-electron chi connectivity index (χ3n) is 5.43. The van der Waals surface area contributed by atoms with Crippen LogP contribution in [0, 0.1) is 0 Å². The molecule has 0 saturated carbocycles. The van der Waals surface area contributed by atoms with Crippen molar-refractivity contribution in [1.82, 2.24) is 10.2 Å². The maximum absolute atomic E-state index is 13.8. The molecule has 1 atom stereocenters. The number of carbonyl (C=O) groups excluding carboxylic acids is 2. The Labute approximate surface area is 213 Å². The fourth-order valence-corrected chi connectivity index (χ4v) is 3.77. The Balaban J connectivity index is 2.11. The molecule has 1 N–H and O–H groups in total. The lowest BCUT2D eigenvalue weighted by Crippen LogP contribution is -2.49. The van der Waals surface area contributed by atoms with Gasteiger partial charge >= 0.3 is 0 Å². The van der Waals surface area contributed by atoms with Gasteiger partial charge in [-0.25, -0.2) is 0 Å². The van der Waals surface area contributed by atoms with E-state index in [0.717, 1.165) is 18.5 Å². The molecule has 0 aliphatic carbocycles. The van der Waals surface area contributed by atoms with E-state index in [0.29, 0.717) is 23.4 Å². The lowest BCUT2D eigenvalue weighted by atomic mass is 9.98. The summed E-state index contributed by atoms with van der Waals surface area (Å²) in [4.78, 5) is 37.9. The number of unbranched alkanes of at least 4 members (excludes halogenated alkanes) is 1. The summed E-state index contributed by atoms with van der Waals surface area (Å²) >= 11 is 0. The van der Waals surface area contributed by atoms with E-state index in [2.05, 4.69) is 28.2 Å². The minimum absolute atomic E-state index is 0.199. The number of nitrogens with one attached hydrogen (secondary N) is 1. The van der Waals surface area contributed by atoms with Crippen LogP contribution in [0.25, 0.3) is 0 Å². The van der Waals surface area contributed by atoms with E-state index >= 15 is 0 Å². The Morgan fingerprint density at radius 1 is 0.889 bits per heavy atom. The quantitative estimate of drug-likeness (QED) is 0.344. The van der Waals surface area contributed by atoms with E-state index in [1.807, 2.05) is 93.6 Å². The van der Waals surface area contributed by atoms with Gasteiger partial charge < -0.3 is 10.2 Å². The molecule has 6 heteroatoms. The average molecular weight is 483 g/mol. The van der Waals surface area contributed by atoms with Gasteiger partial charge in [0.2, 0.25) is 5.91 Å². The van der Waals surface area contributed by atoms with E-state index < -0.39 is 11.6 Å². The van der Waals surface area contributed by atoms with Gasteiger partial charge in [-0.1, -0.05) is 67.9 Å². The second-order valence-corrected chi connectivity index (χ2v) is 9.58. The molecule has 0 aromatic heterocycles. The van der Waals surface area contributed by atoms with Gasteiger partial charge in [0.1, 0.15) is 12.1 Å². The first kappa shape index (κ1) is 26.6. The van der Waals surface area contributed by atoms with Gasteiger partial charge in [-0.15, -0.1) is 0 Å². The Bertz CT molecular complexity index is 1210. The summed E-state index contributed by atoms with van der Waals surface area (Å²) in [6.07, 6.45) is 1.65. The number of amides is 2. The third-order valence-corrected chi connectivity index (χ3v) is 5.43. The molecule has 1 unspecified atom stereocenters. The first-order valence-electron chi connectivity index (χ1n) is 12.3. The smallest absolute Gasteiger partial charge is 0.254 e. The zero-order chi connectivity index (χ0) is 26.0. The molecule has 0 aliphatic heterocycles. The van der Waals surface area contributed by atoms with Gasteiger partial charge in [-0.3, -0.25) is 9.59 Å². The van der Waals surface area contributed by atoms with E-state index in [9.17, 15) is 9.59 Å². The molecule has 0 fully saturated rings. The van der Waals surface area contributed by atoms with Crippen molar-refractivity contribution in [2.75, 3.05) is 6.54 Å². The van der Waals surface area contributed by atoms with Crippen molar-refractivity contribution in [1.29, 1.82) is 0 Å². The van der Waals surface area contributed by atoms with Crippen LogP contribution in [0.5, 0.6) is 0 Å². The summed E-state index contributed by atoms with van der Waals surface area (Å²) in [6.45, 7) is 8.27. The third kappa shape index (κ3) is 7.49. The number of nitrogens with zero attached hydrogens (tertiary/aromatic N) is 3. The standard InChI is InChI=1S/C30H34N4O2/c1-5-6-21-34(29(36)23-15-9-7-10-16-23)27(28(35)33-30(2,3)4)25-19-13-14-20-26(25)32-22-31-24-17-11-8-12-18-24/h7-20,27H,5-6,21H2,1-4H3,(H,33,35). The maximum Gasteiger partial charge on any atom is 0.254 e. The van der Waals surface area contributed by atoms with Gasteiger partial charge in [0, 0.05) is 23.2 Å². The molecule has 0 heterocycles. The summed E-state index contributed by atoms with van der Waals surface area (Å²) < 4.78 is 0. The first-order chi connectivity index (χ1) is 17.3. The van der Waals surface area contributed by atoms with Crippen LogP contribution in [-0.2, 0) is 4.79 Å². The summed E-state index contributed by atoms with van der Waals surface area (Å²) in [6, 6.07) is 27.7. The minimum atomic E-state index is -0.873. The van der Waals surface area contributed by atoms with Crippen molar-refractivity contribution < 1.29 is 9.59 Å². The SMILES string of the molecule is CCCCN(C(=O)c1ccccc1)C(C(=O)NC(C)(C)C)c1ccccc1N=C=Nc1ccccc1. The highest BCUT2D eigenvalue weighted by Gasteiger charge is 2.34. The second kappa shape index (κ2) is 12.6. The molecular weight excluding hydrogens is 448 g/mol. The molecule has 3 aromatic carbocycles. The Morgan fingerprint density at radius 3 is 2.14 bits per heavy atom. The molecule has 3 rings (SSSR count). The number of hydrogen-bond acceptors (Lipinski definition) is 4. The lowest BCUT2D eigenvalue weighted by molar-refractivity contribution is -0.127. The number of aliphatic imine (C=N–C) groups is 2. The molecule has 186 valence electrons. The highest BCUT2D eigenvalue weighted by Crippen LogP contribution is 2.32. The maximum atomic E-state index is 13.8. The Kier molecular flexibility index (Phi) is 9.32. The Morgan fingerprint density at radius 2 is 1.50 bits per heavy atom. The molecule has 0 saturated heterocycles. The van der Waals surface area contributed by atoms with E-state index in [4.69, 9.17) is 0 Å². The predicted octanol–water partition coefficient (Wildman–Crippen LogP) is 6.72. The molecule has 6 nitrogen and oxygen atoms in total. The zero-order valence-electron chi connectivity index (χ0n) is 21.4. The normalized spacial score (nSPS) is 11.7. The second-order valence-electron chi connectivity index (χ2n) is 9.58. The number of para-hydroxylation sites is 2. The fraction of sp³-hybridized carbons (Fsp3) is 0.300. The first-order valence-corrected chi connectivity index (χ1v) is 12.3. The van der Waals surface area contributed by atoms with Crippen molar-refractivity contribution in [3.8, 4) is 0 Å². The molecule has 36 heavy (non-hydrogen) atoms. The van der Waals surface area contributed by atoms with Crippen molar-refractivity contribution in [3.05, 3.63) is 96.1 Å². The highest BCUT2D eigenvalue weighted by molar-refractivity contribution is 5.98. The van der Waals surface area contributed by atoms with E-state index in [1.165, 1.54) is 0 Å².